The number of hydrogen-bond acceptors (Lipinski definition) is 9. The van der Waals surface area contributed by atoms with E-state index in [-0.39, 0.29) is 5.91 Å². The molecule has 1 amide bonds. The standard InChI is InChI=1S/C24H20N6O2S2/c31-24(18-6-7-20-19(14-18)26-28-34-20)30-10-8-29(9-11-30)15-16-3-1-4-17(13-16)22-25-23(32-27-22)21-5-2-12-33-21/h1-7,12-14H,8-11,15H2. The van der Waals surface area contributed by atoms with Crippen LogP contribution in [-0.4, -0.2) is 61.6 Å². The van der Waals surface area contributed by atoms with Gasteiger partial charge in [0.15, 0.2) is 0 Å². The predicted octanol–water partition coefficient (Wildman–Crippen LogP) is 4.43. The van der Waals surface area contributed by atoms with Crippen LogP contribution in [0.3, 0.4) is 0 Å². The Morgan fingerprint density at radius 1 is 1.03 bits per heavy atom. The molecule has 34 heavy (non-hydrogen) atoms. The fourth-order valence-electron chi connectivity index (χ4n) is 4.11. The molecular weight excluding hydrogens is 468 g/mol. The molecule has 0 aliphatic carbocycles. The molecule has 0 saturated carbocycles. The fourth-order valence-corrected chi connectivity index (χ4v) is 5.30. The van der Waals surface area contributed by atoms with Crippen LogP contribution in [0, 0.1) is 0 Å². The summed E-state index contributed by atoms with van der Waals surface area (Å²) in [5, 5.41) is 10.2. The van der Waals surface area contributed by atoms with E-state index < -0.39 is 0 Å². The molecule has 0 N–H and O–H groups in total. The average molecular weight is 489 g/mol. The average Bonchev–Trinajstić information content (AvgIpc) is 3.65. The smallest absolute Gasteiger partial charge is 0.268 e. The van der Waals surface area contributed by atoms with Gasteiger partial charge in [-0.2, -0.15) is 4.98 Å². The van der Waals surface area contributed by atoms with Crippen LogP contribution in [0.2, 0.25) is 0 Å². The van der Waals surface area contributed by atoms with Crippen molar-refractivity contribution >= 4 is 39.0 Å². The molecule has 0 spiro atoms. The summed E-state index contributed by atoms with van der Waals surface area (Å²) < 4.78 is 10.4. The van der Waals surface area contributed by atoms with E-state index in [1.807, 2.05) is 52.7 Å². The molecule has 10 heteroatoms. The summed E-state index contributed by atoms with van der Waals surface area (Å²) in [6.45, 7) is 3.84. The van der Waals surface area contributed by atoms with Gasteiger partial charge in [0.1, 0.15) is 5.52 Å². The van der Waals surface area contributed by atoms with Crippen molar-refractivity contribution in [1.29, 1.82) is 0 Å². The van der Waals surface area contributed by atoms with Crippen molar-refractivity contribution in [3.05, 3.63) is 71.1 Å². The number of hydrogen-bond donors (Lipinski definition) is 0. The first-order chi connectivity index (χ1) is 16.7. The van der Waals surface area contributed by atoms with Crippen LogP contribution in [0.25, 0.3) is 32.4 Å². The molecule has 6 rings (SSSR count). The van der Waals surface area contributed by atoms with E-state index in [2.05, 4.69) is 36.8 Å². The quantitative estimate of drug-likeness (QED) is 0.362. The number of rotatable bonds is 5. The minimum Gasteiger partial charge on any atom is -0.336 e. The molecule has 5 aromatic rings. The lowest BCUT2D eigenvalue weighted by molar-refractivity contribution is 0.0628. The van der Waals surface area contributed by atoms with Crippen molar-refractivity contribution in [2.45, 2.75) is 6.54 Å². The molecular formula is C24H20N6O2S2. The molecule has 0 bridgehead atoms. The van der Waals surface area contributed by atoms with Gasteiger partial charge in [-0.15, -0.1) is 16.4 Å². The molecule has 8 nitrogen and oxygen atoms in total. The predicted molar refractivity (Wildman–Crippen MR) is 132 cm³/mol. The van der Waals surface area contributed by atoms with Crippen LogP contribution in [0.4, 0.5) is 0 Å². The normalized spacial score (nSPS) is 14.6. The van der Waals surface area contributed by atoms with Crippen molar-refractivity contribution in [2.24, 2.45) is 0 Å². The Morgan fingerprint density at radius 3 is 2.79 bits per heavy atom. The van der Waals surface area contributed by atoms with Crippen molar-refractivity contribution in [3.63, 3.8) is 0 Å². The first kappa shape index (κ1) is 21.1. The lowest BCUT2D eigenvalue weighted by atomic mass is 10.1. The number of aromatic nitrogens is 4. The van der Waals surface area contributed by atoms with E-state index in [1.165, 1.54) is 17.1 Å². The van der Waals surface area contributed by atoms with E-state index in [9.17, 15) is 4.79 Å². The Kier molecular flexibility index (Phi) is 5.61. The Bertz CT molecular complexity index is 1440. The molecule has 1 saturated heterocycles. The van der Waals surface area contributed by atoms with E-state index in [0.717, 1.165) is 40.3 Å². The number of benzene rings is 2. The molecule has 0 atom stereocenters. The zero-order chi connectivity index (χ0) is 22.9. The summed E-state index contributed by atoms with van der Waals surface area (Å²) in [6.07, 6.45) is 0. The Balaban J connectivity index is 1.09. The number of amides is 1. The Labute approximate surface area is 203 Å². The second kappa shape index (κ2) is 9.05. The SMILES string of the molecule is O=C(c1ccc2snnc2c1)N1CCN(Cc2cccc(-c3noc(-c4cccs4)n3)c2)CC1. The molecule has 0 unspecified atom stereocenters. The van der Waals surface area contributed by atoms with Crippen LogP contribution < -0.4 is 0 Å². The van der Waals surface area contributed by atoms with E-state index in [1.54, 1.807) is 11.3 Å². The summed E-state index contributed by atoms with van der Waals surface area (Å²) in [6, 6.07) is 17.8. The van der Waals surface area contributed by atoms with Gasteiger partial charge < -0.3 is 9.42 Å². The second-order valence-corrected chi connectivity index (χ2v) is 9.86. The van der Waals surface area contributed by atoms with Crippen LogP contribution >= 0.6 is 22.9 Å². The highest BCUT2D eigenvalue weighted by molar-refractivity contribution is 7.13. The number of fused-ring (bicyclic) bond motifs is 1. The summed E-state index contributed by atoms with van der Waals surface area (Å²) in [5.74, 6) is 1.18. The number of thiophene rings is 1. The molecule has 4 heterocycles. The third-order valence-electron chi connectivity index (χ3n) is 5.90. The fraction of sp³-hybridized carbons (Fsp3) is 0.208. The van der Waals surface area contributed by atoms with Crippen molar-refractivity contribution in [1.82, 2.24) is 29.5 Å². The van der Waals surface area contributed by atoms with E-state index in [4.69, 9.17) is 4.52 Å². The maximum absolute atomic E-state index is 13.0. The van der Waals surface area contributed by atoms with Gasteiger partial charge in [0.05, 0.1) is 9.58 Å². The minimum absolute atomic E-state index is 0.0511. The lowest BCUT2D eigenvalue weighted by Gasteiger charge is -2.34. The monoisotopic (exact) mass is 488 g/mol. The summed E-state index contributed by atoms with van der Waals surface area (Å²) in [4.78, 5) is 22.8. The van der Waals surface area contributed by atoms with Gasteiger partial charge in [0, 0.05) is 43.9 Å². The molecule has 2 aromatic carbocycles. The zero-order valence-corrected chi connectivity index (χ0v) is 19.8. The molecule has 1 fully saturated rings. The molecule has 1 aliphatic rings. The van der Waals surface area contributed by atoms with Crippen LogP contribution in [0.15, 0.2) is 64.5 Å². The Morgan fingerprint density at radius 2 is 1.94 bits per heavy atom. The largest absolute Gasteiger partial charge is 0.336 e. The minimum atomic E-state index is 0.0511. The first-order valence-electron chi connectivity index (χ1n) is 10.9. The summed E-state index contributed by atoms with van der Waals surface area (Å²) >= 11 is 2.92. The third-order valence-corrected chi connectivity index (χ3v) is 7.47. The highest BCUT2D eigenvalue weighted by Gasteiger charge is 2.23. The van der Waals surface area contributed by atoms with Gasteiger partial charge in [0.2, 0.25) is 5.82 Å². The number of nitrogens with zero attached hydrogens (tertiary/aromatic N) is 6. The van der Waals surface area contributed by atoms with Gasteiger partial charge in [-0.1, -0.05) is 33.9 Å². The van der Waals surface area contributed by atoms with Crippen molar-refractivity contribution < 1.29 is 9.32 Å². The lowest BCUT2D eigenvalue weighted by Crippen LogP contribution is -2.48. The highest BCUT2D eigenvalue weighted by atomic mass is 32.1. The topological polar surface area (TPSA) is 88.3 Å². The van der Waals surface area contributed by atoms with E-state index in [0.29, 0.717) is 30.4 Å². The maximum atomic E-state index is 13.0. The van der Waals surface area contributed by atoms with Crippen LogP contribution in [-0.2, 0) is 6.54 Å². The van der Waals surface area contributed by atoms with Gasteiger partial charge >= 0.3 is 0 Å². The number of carbonyl (C=O) groups is 1. The van der Waals surface area contributed by atoms with Gasteiger partial charge in [0.25, 0.3) is 11.8 Å². The van der Waals surface area contributed by atoms with Crippen molar-refractivity contribution in [2.75, 3.05) is 26.2 Å². The molecule has 0 radical (unpaired) electrons. The third kappa shape index (κ3) is 4.23. The Hall–Kier alpha value is -3.47. The molecule has 1 aliphatic heterocycles. The first-order valence-corrected chi connectivity index (χ1v) is 12.6. The number of piperazine rings is 1. The highest BCUT2D eigenvalue weighted by Crippen LogP contribution is 2.26. The maximum Gasteiger partial charge on any atom is 0.268 e. The summed E-state index contributed by atoms with van der Waals surface area (Å²) in [7, 11) is 0. The van der Waals surface area contributed by atoms with Crippen molar-refractivity contribution in [3.8, 4) is 22.2 Å². The molecule has 3 aromatic heterocycles. The molecule has 170 valence electrons. The van der Waals surface area contributed by atoms with Crippen LogP contribution in [0.5, 0.6) is 0 Å². The van der Waals surface area contributed by atoms with E-state index >= 15 is 0 Å². The van der Waals surface area contributed by atoms with Crippen LogP contribution in [0.1, 0.15) is 15.9 Å². The second-order valence-electron chi connectivity index (χ2n) is 8.12. The van der Waals surface area contributed by atoms with Gasteiger partial charge in [-0.05, 0) is 52.8 Å². The van der Waals surface area contributed by atoms with Gasteiger partial charge in [-0.3, -0.25) is 9.69 Å². The summed E-state index contributed by atoms with van der Waals surface area (Å²) in [5.41, 5.74) is 3.56. The number of carbonyl (C=O) groups excluding carboxylic acids is 1. The zero-order valence-electron chi connectivity index (χ0n) is 18.1. The van der Waals surface area contributed by atoms with Gasteiger partial charge in [-0.25, -0.2) is 0 Å².